The highest BCUT2D eigenvalue weighted by Crippen LogP contribution is 2.21. The third kappa shape index (κ3) is 4.07. The third-order valence-corrected chi connectivity index (χ3v) is 4.07. The summed E-state index contributed by atoms with van der Waals surface area (Å²) in [6, 6.07) is 13.4. The average molecular weight is 311 g/mol. The molecular formula is C18H21N3O2. The number of rotatable bonds is 6. The molecule has 0 unspecified atom stereocenters. The maximum absolute atomic E-state index is 12.0. The number of carbonyl (C=O) groups is 1. The topological polar surface area (TPSA) is 54.3 Å². The lowest BCUT2D eigenvalue weighted by Crippen LogP contribution is -2.35. The normalized spacial score (nSPS) is 13.7. The van der Waals surface area contributed by atoms with Gasteiger partial charge in [-0.25, -0.2) is 0 Å². The smallest absolute Gasteiger partial charge is 0.250 e. The highest BCUT2D eigenvalue weighted by atomic mass is 16.2. The molecule has 5 nitrogen and oxygen atoms in total. The molecule has 0 saturated heterocycles. The van der Waals surface area contributed by atoms with Gasteiger partial charge in [0.25, 0.3) is 0 Å². The number of fused-ring (bicyclic) bond motifs is 1. The summed E-state index contributed by atoms with van der Waals surface area (Å²) < 4.78 is 1.66. The van der Waals surface area contributed by atoms with Gasteiger partial charge in [-0.1, -0.05) is 30.3 Å². The second kappa shape index (κ2) is 7.24. The van der Waals surface area contributed by atoms with Crippen molar-refractivity contribution in [2.45, 2.75) is 26.1 Å². The zero-order valence-corrected chi connectivity index (χ0v) is 13.1. The van der Waals surface area contributed by atoms with Gasteiger partial charge in [0, 0.05) is 38.4 Å². The van der Waals surface area contributed by atoms with Crippen LogP contribution in [-0.4, -0.2) is 28.5 Å². The zero-order valence-electron chi connectivity index (χ0n) is 13.1. The van der Waals surface area contributed by atoms with Crippen LogP contribution in [0, 0.1) is 0 Å². The number of hydrogen-bond donors (Lipinski definition) is 1. The number of hydrogen-bond acceptors (Lipinski definition) is 3. The predicted octanol–water partition coefficient (Wildman–Crippen LogP) is 1.37. The van der Waals surface area contributed by atoms with E-state index >= 15 is 0 Å². The molecule has 0 spiro atoms. The summed E-state index contributed by atoms with van der Waals surface area (Å²) in [6.45, 7) is 3.29. The van der Waals surface area contributed by atoms with Crippen LogP contribution in [0.3, 0.4) is 0 Å². The van der Waals surface area contributed by atoms with Crippen LogP contribution in [0.25, 0.3) is 0 Å². The third-order valence-electron chi connectivity index (χ3n) is 4.07. The summed E-state index contributed by atoms with van der Waals surface area (Å²) in [5, 5.41) is 2.93. The fraction of sp³-hybridized carbons (Fsp3) is 0.333. The molecule has 1 aromatic heterocycles. The molecule has 3 rings (SSSR count). The fourth-order valence-corrected chi connectivity index (χ4v) is 2.90. The highest BCUT2D eigenvalue weighted by Gasteiger charge is 2.19. The number of nitrogens with zero attached hydrogens (tertiary/aromatic N) is 2. The van der Waals surface area contributed by atoms with Crippen LogP contribution in [0.5, 0.6) is 0 Å². The quantitative estimate of drug-likeness (QED) is 0.820. The van der Waals surface area contributed by atoms with E-state index < -0.39 is 0 Å². The minimum atomic E-state index is -0.00587. The Hall–Kier alpha value is -2.40. The first-order valence-corrected chi connectivity index (χ1v) is 7.94. The van der Waals surface area contributed by atoms with Crippen LogP contribution < -0.4 is 10.9 Å². The van der Waals surface area contributed by atoms with Crippen molar-refractivity contribution in [1.82, 2.24) is 14.8 Å². The number of amides is 1. The van der Waals surface area contributed by atoms with E-state index in [1.165, 1.54) is 11.1 Å². The van der Waals surface area contributed by atoms with Crippen molar-refractivity contribution in [3.05, 3.63) is 70.1 Å². The number of pyridine rings is 1. The maximum Gasteiger partial charge on any atom is 0.250 e. The van der Waals surface area contributed by atoms with Gasteiger partial charge >= 0.3 is 0 Å². The molecule has 1 aliphatic heterocycles. The molecule has 0 saturated carbocycles. The van der Waals surface area contributed by atoms with Crippen molar-refractivity contribution in [1.29, 1.82) is 0 Å². The van der Waals surface area contributed by atoms with Crippen molar-refractivity contribution in [2.75, 3.05) is 13.1 Å². The van der Waals surface area contributed by atoms with Crippen molar-refractivity contribution in [3.8, 4) is 0 Å². The number of nitrogens with one attached hydrogen (secondary N) is 1. The fourth-order valence-electron chi connectivity index (χ4n) is 2.90. The van der Waals surface area contributed by atoms with Crippen molar-refractivity contribution in [2.24, 2.45) is 0 Å². The van der Waals surface area contributed by atoms with E-state index in [0.29, 0.717) is 19.6 Å². The molecular weight excluding hydrogens is 290 g/mol. The Labute approximate surface area is 135 Å². The minimum absolute atomic E-state index is 0.00587. The standard InChI is InChI=1S/C18H21N3O2/c22-17(14-20-12-15-6-1-2-7-16(15)13-20)19-9-5-11-21-10-4-3-8-18(21)23/h1-4,6-8,10H,5,9,11-14H2,(H,19,22). The Morgan fingerprint density at radius 2 is 1.74 bits per heavy atom. The lowest BCUT2D eigenvalue weighted by molar-refractivity contribution is -0.122. The Kier molecular flexibility index (Phi) is 4.88. The summed E-state index contributed by atoms with van der Waals surface area (Å²) in [4.78, 5) is 25.7. The van der Waals surface area contributed by atoms with E-state index in [2.05, 4.69) is 22.3 Å². The first kappa shape index (κ1) is 15.5. The number of aromatic nitrogens is 1. The molecule has 0 aliphatic carbocycles. The molecule has 1 aliphatic rings. The van der Waals surface area contributed by atoms with Crippen molar-refractivity contribution >= 4 is 5.91 Å². The summed E-state index contributed by atoms with van der Waals surface area (Å²) in [7, 11) is 0. The molecule has 0 fully saturated rings. The minimum Gasteiger partial charge on any atom is -0.355 e. The van der Waals surface area contributed by atoms with Crippen LogP contribution in [0.4, 0.5) is 0 Å². The average Bonchev–Trinajstić information content (AvgIpc) is 2.95. The lowest BCUT2D eigenvalue weighted by Gasteiger charge is -2.14. The number of aryl methyl sites for hydroxylation is 1. The molecule has 1 amide bonds. The molecule has 0 atom stereocenters. The second-order valence-electron chi connectivity index (χ2n) is 5.85. The van der Waals surface area contributed by atoms with E-state index in [4.69, 9.17) is 0 Å². The van der Waals surface area contributed by atoms with Crippen LogP contribution in [0.15, 0.2) is 53.5 Å². The molecule has 1 N–H and O–H groups in total. The van der Waals surface area contributed by atoms with Gasteiger partial charge in [0.05, 0.1) is 6.54 Å². The van der Waals surface area contributed by atoms with Crippen molar-refractivity contribution < 1.29 is 4.79 Å². The first-order chi connectivity index (χ1) is 11.2. The molecule has 0 radical (unpaired) electrons. The SMILES string of the molecule is O=C(CN1Cc2ccccc2C1)NCCCn1ccccc1=O. The maximum atomic E-state index is 12.0. The van der Waals surface area contributed by atoms with Crippen molar-refractivity contribution in [3.63, 3.8) is 0 Å². The Balaban J connectivity index is 1.38. The second-order valence-corrected chi connectivity index (χ2v) is 5.85. The first-order valence-electron chi connectivity index (χ1n) is 7.94. The summed E-state index contributed by atoms with van der Waals surface area (Å²) >= 11 is 0. The summed E-state index contributed by atoms with van der Waals surface area (Å²) in [5.41, 5.74) is 2.61. The summed E-state index contributed by atoms with van der Waals surface area (Å²) in [5.74, 6) is 0.0400. The zero-order chi connectivity index (χ0) is 16.1. The van der Waals surface area contributed by atoms with Gasteiger partial charge in [-0.2, -0.15) is 0 Å². The van der Waals surface area contributed by atoms with Gasteiger partial charge < -0.3 is 9.88 Å². The van der Waals surface area contributed by atoms with Crippen LogP contribution in [-0.2, 0) is 24.4 Å². The van der Waals surface area contributed by atoms with Gasteiger partial charge in [0.1, 0.15) is 0 Å². The molecule has 1 aromatic carbocycles. The predicted molar refractivity (Wildman–Crippen MR) is 88.9 cm³/mol. The Bertz CT molecular complexity index is 714. The van der Waals surface area contributed by atoms with E-state index in [1.54, 1.807) is 22.9 Å². The van der Waals surface area contributed by atoms with Gasteiger partial charge in [0.2, 0.25) is 11.5 Å². The lowest BCUT2D eigenvalue weighted by atomic mass is 10.1. The Morgan fingerprint density at radius 1 is 1.04 bits per heavy atom. The summed E-state index contributed by atoms with van der Waals surface area (Å²) in [6.07, 6.45) is 2.52. The largest absolute Gasteiger partial charge is 0.355 e. The van der Waals surface area contributed by atoms with Gasteiger partial charge in [0.15, 0.2) is 0 Å². The van der Waals surface area contributed by atoms with E-state index in [0.717, 1.165) is 19.5 Å². The van der Waals surface area contributed by atoms with Gasteiger partial charge in [-0.05, 0) is 23.6 Å². The molecule has 120 valence electrons. The number of carbonyl (C=O) groups excluding carboxylic acids is 1. The molecule has 2 aromatic rings. The van der Waals surface area contributed by atoms with E-state index in [1.807, 2.05) is 18.2 Å². The molecule has 2 heterocycles. The molecule has 5 heteroatoms. The monoisotopic (exact) mass is 311 g/mol. The molecule has 0 bridgehead atoms. The van der Waals surface area contributed by atoms with Gasteiger partial charge in [-0.3, -0.25) is 14.5 Å². The number of benzene rings is 1. The molecule has 23 heavy (non-hydrogen) atoms. The van der Waals surface area contributed by atoms with E-state index in [9.17, 15) is 9.59 Å². The highest BCUT2D eigenvalue weighted by molar-refractivity contribution is 5.78. The van der Waals surface area contributed by atoms with Crippen LogP contribution in [0.2, 0.25) is 0 Å². The van der Waals surface area contributed by atoms with Gasteiger partial charge in [-0.15, -0.1) is 0 Å². The van der Waals surface area contributed by atoms with E-state index in [-0.39, 0.29) is 11.5 Å². The van der Waals surface area contributed by atoms with Crippen LogP contribution >= 0.6 is 0 Å². The van der Waals surface area contributed by atoms with Crippen LogP contribution in [0.1, 0.15) is 17.5 Å². The Morgan fingerprint density at radius 3 is 2.43 bits per heavy atom.